The molecule has 0 amide bonds. The molecule has 0 bridgehead atoms. The third kappa shape index (κ3) is 2.43. The molecule has 0 heterocycles. The Hall–Kier alpha value is -1.58. The van der Waals surface area contributed by atoms with E-state index in [1.54, 1.807) is 12.2 Å². The average molecular weight is 182 g/mol. The molecular weight excluding hydrogens is 172 g/mol. The molecule has 2 atom stereocenters. The Morgan fingerprint density at radius 2 is 1.38 bits per heavy atom. The maximum absolute atomic E-state index is 10.6. The van der Waals surface area contributed by atoms with E-state index >= 15 is 0 Å². The van der Waals surface area contributed by atoms with Gasteiger partial charge < -0.3 is 10.2 Å². The number of rotatable bonds is 2. The van der Waals surface area contributed by atoms with Crippen LogP contribution in [-0.4, -0.2) is 22.2 Å². The second kappa shape index (κ2) is 3.89. The summed E-state index contributed by atoms with van der Waals surface area (Å²) in [6.45, 7) is 0. The second-order valence-corrected chi connectivity index (χ2v) is 2.89. The summed E-state index contributed by atoms with van der Waals surface area (Å²) in [7, 11) is 0. The molecule has 0 aromatic carbocycles. The molecule has 70 valence electrons. The highest BCUT2D eigenvalue weighted by Crippen LogP contribution is 2.19. The number of carboxylic acid groups (broad SMARTS) is 2. The molecule has 1 rings (SSSR count). The van der Waals surface area contributed by atoms with Crippen molar-refractivity contribution in [2.45, 2.75) is 6.42 Å². The molecule has 0 aliphatic heterocycles. The molecule has 1 aliphatic carbocycles. The summed E-state index contributed by atoms with van der Waals surface area (Å²) < 4.78 is 0. The maximum Gasteiger partial charge on any atom is 0.310 e. The highest BCUT2D eigenvalue weighted by molar-refractivity contribution is 5.76. The van der Waals surface area contributed by atoms with E-state index in [0.717, 1.165) is 0 Å². The molecule has 13 heavy (non-hydrogen) atoms. The van der Waals surface area contributed by atoms with Crippen molar-refractivity contribution in [3.8, 4) is 0 Å². The topological polar surface area (TPSA) is 74.6 Å². The van der Waals surface area contributed by atoms with E-state index in [-0.39, 0.29) is 6.42 Å². The van der Waals surface area contributed by atoms with Crippen LogP contribution in [0.15, 0.2) is 24.3 Å². The summed E-state index contributed by atoms with van der Waals surface area (Å²) in [4.78, 5) is 21.2. The van der Waals surface area contributed by atoms with Gasteiger partial charge in [0.05, 0.1) is 11.8 Å². The van der Waals surface area contributed by atoms with Crippen molar-refractivity contribution < 1.29 is 19.8 Å². The van der Waals surface area contributed by atoms with Crippen LogP contribution >= 0.6 is 0 Å². The van der Waals surface area contributed by atoms with Crippen molar-refractivity contribution in [3.05, 3.63) is 24.3 Å². The van der Waals surface area contributed by atoms with Gasteiger partial charge in [-0.25, -0.2) is 0 Å². The minimum Gasteiger partial charge on any atom is -0.481 e. The minimum absolute atomic E-state index is 0.123. The fourth-order valence-electron chi connectivity index (χ4n) is 1.19. The van der Waals surface area contributed by atoms with Crippen molar-refractivity contribution >= 4 is 11.9 Å². The number of hydrogen-bond acceptors (Lipinski definition) is 2. The van der Waals surface area contributed by atoms with E-state index in [4.69, 9.17) is 10.2 Å². The van der Waals surface area contributed by atoms with Crippen molar-refractivity contribution in [1.82, 2.24) is 0 Å². The molecule has 0 fully saturated rings. The summed E-state index contributed by atoms with van der Waals surface area (Å²) in [6.07, 6.45) is 6.27. The van der Waals surface area contributed by atoms with Gasteiger partial charge >= 0.3 is 11.9 Å². The van der Waals surface area contributed by atoms with Gasteiger partial charge in [0.2, 0.25) is 0 Å². The smallest absolute Gasteiger partial charge is 0.310 e. The lowest BCUT2D eigenvalue weighted by Crippen LogP contribution is -2.19. The number of carboxylic acids is 2. The van der Waals surface area contributed by atoms with E-state index in [0.29, 0.717) is 0 Å². The Labute approximate surface area is 75.2 Å². The first-order valence-corrected chi connectivity index (χ1v) is 3.92. The molecular formula is C9H10O4. The molecule has 0 saturated carbocycles. The van der Waals surface area contributed by atoms with E-state index < -0.39 is 23.8 Å². The lowest BCUT2D eigenvalue weighted by molar-refractivity contribution is -0.143. The number of hydrogen-bond donors (Lipinski definition) is 2. The Morgan fingerprint density at radius 3 is 1.69 bits per heavy atom. The van der Waals surface area contributed by atoms with Gasteiger partial charge in [0.25, 0.3) is 0 Å². The van der Waals surface area contributed by atoms with Crippen LogP contribution in [0.1, 0.15) is 6.42 Å². The van der Waals surface area contributed by atoms with E-state index in [1.165, 1.54) is 12.2 Å². The van der Waals surface area contributed by atoms with E-state index in [2.05, 4.69) is 0 Å². The van der Waals surface area contributed by atoms with Gasteiger partial charge in [-0.05, 0) is 6.42 Å². The van der Waals surface area contributed by atoms with Crippen molar-refractivity contribution in [3.63, 3.8) is 0 Å². The largest absolute Gasteiger partial charge is 0.481 e. The summed E-state index contributed by atoms with van der Waals surface area (Å²) in [6, 6.07) is 0. The van der Waals surface area contributed by atoms with E-state index in [1.807, 2.05) is 0 Å². The predicted molar refractivity (Wildman–Crippen MR) is 45.1 cm³/mol. The third-order valence-corrected chi connectivity index (χ3v) is 1.94. The monoisotopic (exact) mass is 182 g/mol. The highest BCUT2D eigenvalue weighted by atomic mass is 16.4. The van der Waals surface area contributed by atoms with Crippen LogP contribution in [-0.2, 0) is 9.59 Å². The normalized spacial score (nSPS) is 26.8. The van der Waals surface area contributed by atoms with Crippen LogP contribution < -0.4 is 0 Å². The Morgan fingerprint density at radius 1 is 1.00 bits per heavy atom. The summed E-state index contributed by atoms with van der Waals surface area (Å²) in [5.41, 5.74) is 0. The highest BCUT2D eigenvalue weighted by Gasteiger charge is 2.24. The SMILES string of the molecule is O=C(O)C1C=CC=CC(C(=O)O)C1. The molecule has 2 N–H and O–H groups in total. The zero-order valence-corrected chi connectivity index (χ0v) is 6.88. The van der Waals surface area contributed by atoms with Gasteiger partial charge in [-0.2, -0.15) is 0 Å². The number of carbonyl (C=O) groups is 2. The first-order chi connectivity index (χ1) is 6.11. The van der Waals surface area contributed by atoms with Crippen molar-refractivity contribution in [2.75, 3.05) is 0 Å². The lowest BCUT2D eigenvalue weighted by Gasteiger charge is -2.09. The van der Waals surface area contributed by atoms with Crippen LogP contribution in [0.3, 0.4) is 0 Å². The fourth-order valence-corrected chi connectivity index (χ4v) is 1.19. The van der Waals surface area contributed by atoms with Crippen LogP contribution in [0.25, 0.3) is 0 Å². The summed E-state index contributed by atoms with van der Waals surface area (Å²) in [5.74, 6) is -3.36. The predicted octanol–water partition coefficient (Wildman–Crippen LogP) is 0.904. The van der Waals surface area contributed by atoms with Crippen molar-refractivity contribution in [2.24, 2.45) is 11.8 Å². The zero-order chi connectivity index (χ0) is 9.84. The van der Waals surface area contributed by atoms with Crippen LogP contribution in [0.5, 0.6) is 0 Å². The molecule has 0 aromatic rings. The number of allylic oxidation sites excluding steroid dienone is 2. The zero-order valence-electron chi connectivity index (χ0n) is 6.88. The van der Waals surface area contributed by atoms with Gasteiger partial charge in [-0.15, -0.1) is 0 Å². The molecule has 0 aromatic heterocycles. The number of aliphatic carboxylic acids is 2. The third-order valence-electron chi connectivity index (χ3n) is 1.94. The molecule has 1 aliphatic rings. The van der Waals surface area contributed by atoms with Gasteiger partial charge in [-0.1, -0.05) is 24.3 Å². The van der Waals surface area contributed by atoms with Crippen LogP contribution in [0.4, 0.5) is 0 Å². The van der Waals surface area contributed by atoms with E-state index in [9.17, 15) is 9.59 Å². The Balaban J connectivity index is 2.74. The minimum atomic E-state index is -0.980. The first kappa shape index (κ1) is 9.51. The van der Waals surface area contributed by atoms with Gasteiger partial charge in [0.15, 0.2) is 0 Å². The molecule has 4 heteroatoms. The molecule has 0 saturated heterocycles. The molecule has 4 nitrogen and oxygen atoms in total. The van der Waals surface area contributed by atoms with Gasteiger partial charge in [0, 0.05) is 0 Å². The summed E-state index contributed by atoms with van der Waals surface area (Å²) >= 11 is 0. The second-order valence-electron chi connectivity index (χ2n) is 2.89. The van der Waals surface area contributed by atoms with Crippen LogP contribution in [0, 0.1) is 11.8 Å². The van der Waals surface area contributed by atoms with Crippen LogP contribution in [0.2, 0.25) is 0 Å². The van der Waals surface area contributed by atoms with Gasteiger partial charge in [-0.3, -0.25) is 9.59 Å². The summed E-state index contributed by atoms with van der Waals surface area (Å²) in [5, 5.41) is 17.4. The maximum atomic E-state index is 10.6. The molecule has 2 unspecified atom stereocenters. The first-order valence-electron chi connectivity index (χ1n) is 3.92. The standard InChI is InChI=1S/C9H10O4/c10-8(11)6-3-1-2-4-7(5-6)9(12)13/h1-4,6-7H,5H2,(H,10,11)(H,12,13). The average Bonchev–Trinajstić information content (AvgIpc) is 2.28. The van der Waals surface area contributed by atoms with Gasteiger partial charge in [0.1, 0.15) is 0 Å². The Bertz CT molecular complexity index is 249. The quantitative estimate of drug-likeness (QED) is 0.665. The lowest BCUT2D eigenvalue weighted by atomic mass is 9.96. The molecule has 0 radical (unpaired) electrons. The van der Waals surface area contributed by atoms with Crippen molar-refractivity contribution in [1.29, 1.82) is 0 Å². The fraction of sp³-hybridized carbons (Fsp3) is 0.333. The molecule has 0 spiro atoms. The Kier molecular flexibility index (Phi) is 2.84.